The van der Waals surface area contributed by atoms with Crippen LogP contribution in [-0.4, -0.2) is 4.98 Å². The number of pyridine rings is 1. The van der Waals surface area contributed by atoms with Gasteiger partial charge < -0.3 is 0 Å². The standard InChI is InChI=1S/C9H11F2N/c1-5(2)9-8(11)7(10)4-6(3)12-9/h4-5H,1-3H3. The predicted octanol–water partition coefficient (Wildman–Crippen LogP) is 2.79. The first-order valence-corrected chi connectivity index (χ1v) is 3.85. The number of rotatable bonds is 1. The van der Waals surface area contributed by atoms with Crippen LogP contribution >= 0.6 is 0 Å². The lowest BCUT2D eigenvalue weighted by molar-refractivity contribution is 0.483. The molecular formula is C9H11F2N. The second-order valence-electron chi connectivity index (χ2n) is 3.10. The van der Waals surface area contributed by atoms with E-state index >= 15 is 0 Å². The lowest BCUT2D eigenvalue weighted by atomic mass is 10.1. The zero-order chi connectivity index (χ0) is 9.30. The van der Waals surface area contributed by atoms with Gasteiger partial charge in [0, 0.05) is 5.69 Å². The van der Waals surface area contributed by atoms with E-state index in [1.807, 2.05) is 0 Å². The summed E-state index contributed by atoms with van der Waals surface area (Å²) in [5.41, 5.74) is 0.713. The van der Waals surface area contributed by atoms with Gasteiger partial charge in [-0.25, -0.2) is 8.78 Å². The highest BCUT2D eigenvalue weighted by molar-refractivity contribution is 5.17. The fourth-order valence-corrected chi connectivity index (χ4v) is 1.02. The average Bonchev–Trinajstić information content (AvgIpc) is 1.96. The van der Waals surface area contributed by atoms with Crippen molar-refractivity contribution in [1.29, 1.82) is 0 Å². The maximum Gasteiger partial charge on any atom is 0.180 e. The molecule has 0 N–H and O–H groups in total. The van der Waals surface area contributed by atoms with Gasteiger partial charge in [-0.2, -0.15) is 0 Å². The molecule has 0 aliphatic heterocycles. The zero-order valence-corrected chi connectivity index (χ0v) is 7.36. The Kier molecular flexibility index (Phi) is 2.40. The highest BCUT2D eigenvalue weighted by Crippen LogP contribution is 2.18. The van der Waals surface area contributed by atoms with Gasteiger partial charge in [-0.05, 0) is 18.9 Å². The maximum absolute atomic E-state index is 13.0. The van der Waals surface area contributed by atoms with Gasteiger partial charge in [0.2, 0.25) is 0 Å². The first-order chi connectivity index (χ1) is 5.52. The molecule has 1 rings (SSSR count). The lowest BCUT2D eigenvalue weighted by Gasteiger charge is -2.07. The summed E-state index contributed by atoms with van der Waals surface area (Å²) in [5, 5.41) is 0. The minimum atomic E-state index is -0.824. The molecule has 1 nitrogen and oxygen atoms in total. The summed E-state index contributed by atoms with van der Waals surface area (Å²) in [7, 11) is 0. The number of hydrogen-bond donors (Lipinski definition) is 0. The third-order valence-corrected chi connectivity index (χ3v) is 1.61. The number of aromatic nitrogens is 1. The number of nitrogens with zero attached hydrogens (tertiary/aromatic N) is 1. The van der Waals surface area contributed by atoms with Gasteiger partial charge >= 0.3 is 0 Å². The van der Waals surface area contributed by atoms with Gasteiger partial charge in [0.1, 0.15) is 0 Å². The Morgan fingerprint density at radius 3 is 2.42 bits per heavy atom. The largest absolute Gasteiger partial charge is 0.255 e. The third kappa shape index (κ3) is 1.60. The van der Waals surface area contributed by atoms with Crippen molar-refractivity contribution in [2.75, 3.05) is 0 Å². The molecule has 0 unspecified atom stereocenters. The highest BCUT2D eigenvalue weighted by Gasteiger charge is 2.13. The molecule has 0 amide bonds. The summed E-state index contributed by atoms with van der Waals surface area (Å²) >= 11 is 0. The first kappa shape index (κ1) is 9.10. The van der Waals surface area contributed by atoms with Crippen LogP contribution in [0, 0.1) is 18.6 Å². The van der Waals surface area contributed by atoms with E-state index in [0.717, 1.165) is 6.07 Å². The van der Waals surface area contributed by atoms with Crippen LogP contribution in [0.15, 0.2) is 6.07 Å². The van der Waals surface area contributed by atoms with Gasteiger partial charge in [0.25, 0.3) is 0 Å². The van der Waals surface area contributed by atoms with Crippen LogP contribution in [0.4, 0.5) is 8.78 Å². The predicted molar refractivity (Wildman–Crippen MR) is 43.0 cm³/mol. The molecule has 0 saturated heterocycles. The summed E-state index contributed by atoms with van der Waals surface area (Å²) in [6.45, 7) is 5.21. The summed E-state index contributed by atoms with van der Waals surface area (Å²) in [6, 6.07) is 1.10. The SMILES string of the molecule is Cc1cc(F)c(F)c(C(C)C)n1. The fraction of sp³-hybridized carbons (Fsp3) is 0.444. The molecule has 12 heavy (non-hydrogen) atoms. The molecule has 0 saturated carbocycles. The van der Waals surface area contributed by atoms with Crippen LogP contribution in [0.1, 0.15) is 31.2 Å². The summed E-state index contributed by atoms with van der Waals surface area (Å²) < 4.78 is 25.8. The van der Waals surface area contributed by atoms with Gasteiger partial charge in [0.05, 0.1) is 5.69 Å². The summed E-state index contributed by atoms with van der Waals surface area (Å²) in [5.74, 6) is -1.72. The van der Waals surface area contributed by atoms with E-state index in [0.29, 0.717) is 5.69 Å². The van der Waals surface area contributed by atoms with Crippen LogP contribution in [0.2, 0.25) is 0 Å². The Morgan fingerprint density at radius 1 is 1.33 bits per heavy atom. The molecule has 0 aliphatic carbocycles. The van der Waals surface area contributed by atoms with Crippen molar-refractivity contribution in [3.63, 3.8) is 0 Å². The topological polar surface area (TPSA) is 12.9 Å². The Labute approximate surface area is 70.4 Å². The Bertz CT molecular complexity index is 295. The lowest BCUT2D eigenvalue weighted by Crippen LogP contribution is -2.02. The fourth-order valence-electron chi connectivity index (χ4n) is 1.02. The van der Waals surface area contributed by atoms with E-state index in [1.165, 1.54) is 0 Å². The van der Waals surface area contributed by atoms with E-state index < -0.39 is 11.6 Å². The monoisotopic (exact) mass is 171 g/mol. The molecule has 0 aromatic carbocycles. The van der Waals surface area contributed by atoms with Crippen molar-refractivity contribution in [2.45, 2.75) is 26.7 Å². The van der Waals surface area contributed by atoms with E-state index in [1.54, 1.807) is 20.8 Å². The van der Waals surface area contributed by atoms with E-state index in [9.17, 15) is 8.78 Å². The molecule has 0 spiro atoms. The minimum absolute atomic E-state index is 0.0839. The summed E-state index contributed by atoms with van der Waals surface area (Å²) in [4.78, 5) is 3.92. The molecule has 1 aromatic heterocycles. The van der Waals surface area contributed by atoms with E-state index in [2.05, 4.69) is 4.98 Å². The molecule has 66 valence electrons. The van der Waals surface area contributed by atoms with Crippen LogP contribution in [0.25, 0.3) is 0 Å². The molecule has 0 radical (unpaired) electrons. The van der Waals surface area contributed by atoms with E-state index in [4.69, 9.17) is 0 Å². The molecule has 1 aromatic rings. The number of aryl methyl sites for hydroxylation is 1. The van der Waals surface area contributed by atoms with Crippen molar-refractivity contribution in [3.8, 4) is 0 Å². The van der Waals surface area contributed by atoms with Crippen molar-refractivity contribution in [3.05, 3.63) is 29.1 Å². The Balaban J connectivity index is 3.28. The third-order valence-electron chi connectivity index (χ3n) is 1.61. The van der Waals surface area contributed by atoms with Gasteiger partial charge in [-0.1, -0.05) is 13.8 Å². The van der Waals surface area contributed by atoms with Crippen LogP contribution in [0.3, 0.4) is 0 Å². The van der Waals surface area contributed by atoms with Crippen molar-refractivity contribution in [2.24, 2.45) is 0 Å². The molecular weight excluding hydrogens is 160 g/mol. The normalized spacial score (nSPS) is 10.8. The van der Waals surface area contributed by atoms with Gasteiger partial charge in [-0.15, -0.1) is 0 Å². The Hall–Kier alpha value is -0.990. The van der Waals surface area contributed by atoms with Crippen molar-refractivity contribution < 1.29 is 8.78 Å². The highest BCUT2D eigenvalue weighted by atomic mass is 19.2. The molecule has 0 bridgehead atoms. The number of halogens is 2. The maximum atomic E-state index is 13.0. The van der Waals surface area contributed by atoms with Crippen molar-refractivity contribution in [1.82, 2.24) is 4.98 Å². The minimum Gasteiger partial charge on any atom is -0.255 e. The quantitative estimate of drug-likeness (QED) is 0.633. The Morgan fingerprint density at radius 2 is 1.92 bits per heavy atom. The van der Waals surface area contributed by atoms with Crippen LogP contribution in [-0.2, 0) is 0 Å². The van der Waals surface area contributed by atoms with Crippen molar-refractivity contribution >= 4 is 0 Å². The second-order valence-corrected chi connectivity index (χ2v) is 3.10. The molecule has 3 heteroatoms. The molecule has 0 fully saturated rings. The van der Waals surface area contributed by atoms with Crippen LogP contribution in [0.5, 0.6) is 0 Å². The van der Waals surface area contributed by atoms with E-state index in [-0.39, 0.29) is 11.6 Å². The van der Waals surface area contributed by atoms with Crippen LogP contribution < -0.4 is 0 Å². The van der Waals surface area contributed by atoms with Gasteiger partial charge in [-0.3, -0.25) is 4.98 Å². The molecule has 0 aliphatic rings. The first-order valence-electron chi connectivity index (χ1n) is 3.85. The smallest absolute Gasteiger partial charge is 0.180 e. The average molecular weight is 171 g/mol. The summed E-state index contributed by atoms with van der Waals surface area (Å²) in [6.07, 6.45) is 0. The zero-order valence-electron chi connectivity index (χ0n) is 7.36. The molecule has 1 heterocycles. The van der Waals surface area contributed by atoms with Gasteiger partial charge in [0.15, 0.2) is 11.6 Å². The number of hydrogen-bond acceptors (Lipinski definition) is 1. The second kappa shape index (κ2) is 3.17. The molecule has 0 atom stereocenters.